The van der Waals surface area contributed by atoms with Gasteiger partial charge in [-0.2, -0.15) is 17.5 Å². The number of nitrogens with zero attached hydrogens (tertiary/aromatic N) is 3. The highest BCUT2D eigenvalue weighted by atomic mass is 32.2. The van der Waals surface area contributed by atoms with Gasteiger partial charge < -0.3 is 9.80 Å². The number of rotatable bonds is 3. The lowest BCUT2D eigenvalue weighted by Crippen LogP contribution is -2.51. The molecule has 2 aromatic carbocycles. The van der Waals surface area contributed by atoms with Crippen molar-refractivity contribution in [2.24, 2.45) is 11.8 Å². The first-order valence-electron chi connectivity index (χ1n) is 13.8. The van der Waals surface area contributed by atoms with Crippen molar-refractivity contribution in [2.75, 3.05) is 28.6 Å². The number of carbonyl (C=O) groups excluding carboxylic acids is 2. The number of amides is 2. The Labute approximate surface area is 232 Å². The number of halogens is 3. The van der Waals surface area contributed by atoms with Crippen molar-refractivity contribution in [3.8, 4) is 11.1 Å². The van der Waals surface area contributed by atoms with E-state index in [1.807, 2.05) is 25.1 Å². The first-order chi connectivity index (χ1) is 18.8. The van der Waals surface area contributed by atoms with E-state index in [1.54, 1.807) is 28.0 Å². The second-order valence-electron chi connectivity index (χ2n) is 11.6. The molecule has 2 aliphatic carbocycles. The number of anilines is 2. The summed E-state index contributed by atoms with van der Waals surface area (Å²) in [4.78, 5) is 29.1. The molecular weight excluding hydrogens is 543 g/mol. The third-order valence-electron chi connectivity index (χ3n) is 8.70. The van der Waals surface area contributed by atoms with Crippen molar-refractivity contribution < 1.29 is 31.2 Å². The van der Waals surface area contributed by atoms with Gasteiger partial charge in [0.1, 0.15) is 0 Å². The van der Waals surface area contributed by atoms with Gasteiger partial charge in [-0.1, -0.05) is 24.3 Å². The highest BCUT2D eigenvalue weighted by Gasteiger charge is 2.48. The van der Waals surface area contributed by atoms with Gasteiger partial charge in [0, 0.05) is 25.9 Å². The minimum absolute atomic E-state index is 0.0190. The fourth-order valence-corrected chi connectivity index (χ4v) is 8.33. The predicted octanol–water partition coefficient (Wildman–Crippen LogP) is 5.05. The van der Waals surface area contributed by atoms with E-state index in [0.29, 0.717) is 46.6 Å². The second-order valence-corrected chi connectivity index (χ2v) is 13.6. The molecule has 0 bridgehead atoms. The zero-order valence-corrected chi connectivity index (χ0v) is 23.3. The van der Waals surface area contributed by atoms with Crippen LogP contribution in [0, 0.1) is 11.8 Å². The Hall–Kier alpha value is -2.92. The summed E-state index contributed by atoms with van der Waals surface area (Å²) in [7, 11) is -3.61. The van der Waals surface area contributed by atoms with E-state index in [4.69, 9.17) is 0 Å². The summed E-state index contributed by atoms with van der Waals surface area (Å²) >= 11 is 0. The Morgan fingerprint density at radius 1 is 1.00 bits per heavy atom. The molecule has 0 aromatic heterocycles. The average molecular weight is 576 g/mol. The Balaban J connectivity index is 1.42. The van der Waals surface area contributed by atoms with Gasteiger partial charge in [0.05, 0.1) is 35.1 Å². The molecule has 2 fully saturated rings. The number of fused-ring (bicyclic) bond motifs is 2. The lowest BCUT2D eigenvalue weighted by atomic mass is 9.79. The third-order valence-corrected chi connectivity index (χ3v) is 10.7. The summed E-state index contributed by atoms with van der Waals surface area (Å²) in [6.45, 7) is 3.99. The van der Waals surface area contributed by atoms with Gasteiger partial charge in [-0.25, -0.2) is 8.42 Å². The van der Waals surface area contributed by atoms with Gasteiger partial charge in [-0.05, 0) is 73.4 Å². The normalized spacial score (nSPS) is 26.4. The molecular formula is C29H32F3N3O4S. The van der Waals surface area contributed by atoms with Crippen LogP contribution in [0.1, 0.15) is 56.7 Å². The minimum Gasteiger partial charge on any atom is -0.308 e. The van der Waals surface area contributed by atoms with Gasteiger partial charge in [-0.15, -0.1) is 0 Å². The molecule has 1 saturated heterocycles. The summed E-state index contributed by atoms with van der Waals surface area (Å²) in [6.07, 6.45) is -2.86. The van der Waals surface area contributed by atoms with E-state index < -0.39 is 28.2 Å². The average Bonchev–Trinajstić information content (AvgIpc) is 3.68. The topological polar surface area (TPSA) is 78.0 Å². The highest BCUT2D eigenvalue weighted by molar-refractivity contribution is 7.89. The molecule has 2 aromatic rings. The number of carbonyl (C=O) groups is 2. The van der Waals surface area contributed by atoms with Gasteiger partial charge in [0.2, 0.25) is 21.8 Å². The van der Waals surface area contributed by atoms with Gasteiger partial charge in [0.15, 0.2) is 0 Å². The largest absolute Gasteiger partial charge is 0.392 e. The SMILES string of the molecule is CC(=O)N1c2ccc(-c3ccc4c(c3)CC(C(F)(F)F)CC4N3CCCS3(=O)=O)cc2N(C(=O)C2CC2)C[C@@H]1C. The molecule has 11 heteroatoms. The lowest BCUT2D eigenvalue weighted by Gasteiger charge is -2.41. The molecule has 6 rings (SSSR count). The maximum absolute atomic E-state index is 14.0. The van der Waals surface area contributed by atoms with Crippen LogP contribution in [0.3, 0.4) is 0 Å². The molecule has 0 radical (unpaired) electrons. The molecule has 2 aliphatic heterocycles. The van der Waals surface area contributed by atoms with Crippen molar-refractivity contribution in [3.05, 3.63) is 47.5 Å². The molecule has 7 nitrogen and oxygen atoms in total. The predicted molar refractivity (Wildman–Crippen MR) is 145 cm³/mol. The molecule has 2 unspecified atom stereocenters. The molecule has 1 saturated carbocycles. The Kier molecular flexibility index (Phi) is 6.53. The van der Waals surface area contributed by atoms with Crippen LogP contribution >= 0.6 is 0 Å². The summed E-state index contributed by atoms with van der Waals surface area (Å²) in [5.74, 6) is -1.81. The van der Waals surface area contributed by atoms with E-state index in [9.17, 15) is 31.2 Å². The maximum atomic E-state index is 14.0. The molecule has 0 N–H and O–H groups in total. The Morgan fingerprint density at radius 2 is 1.70 bits per heavy atom. The Bertz CT molecular complexity index is 1490. The zero-order chi connectivity index (χ0) is 28.6. The van der Waals surface area contributed by atoms with Crippen molar-refractivity contribution in [2.45, 2.75) is 64.2 Å². The molecule has 2 amide bonds. The van der Waals surface area contributed by atoms with Crippen LogP contribution in [0.2, 0.25) is 0 Å². The van der Waals surface area contributed by atoms with Crippen LogP contribution in [0.25, 0.3) is 11.1 Å². The number of hydrogen-bond donors (Lipinski definition) is 0. The van der Waals surface area contributed by atoms with Crippen LogP contribution in [0.4, 0.5) is 24.5 Å². The van der Waals surface area contributed by atoms with Gasteiger partial charge >= 0.3 is 6.18 Å². The van der Waals surface area contributed by atoms with Crippen LogP contribution in [-0.2, 0) is 26.0 Å². The van der Waals surface area contributed by atoms with E-state index in [0.717, 1.165) is 12.8 Å². The first-order valence-corrected chi connectivity index (χ1v) is 15.4. The maximum Gasteiger partial charge on any atom is 0.392 e. The van der Waals surface area contributed by atoms with Crippen LogP contribution in [0.5, 0.6) is 0 Å². The molecule has 3 atom stereocenters. The number of sulfonamides is 1. The fraction of sp³-hybridized carbons (Fsp3) is 0.517. The molecule has 40 heavy (non-hydrogen) atoms. The number of alkyl halides is 3. The van der Waals surface area contributed by atoms with E-state index in [-0.39, 0.29) is 48.9 Å². The van der Waals surface area contributed by atoms with E-state index in [2.05, 4.69) is 0 Å². The molecule has 0 spiro atoms. The molecule has 214 valence electrons. The monoisotopic (exact) mass is 575 g/mol. The van der Waals surface area contributed by atoms with Crippen LogP contribution < -0.4 is 9.80 Å². The smallest absolute Gasteiger partial charge is 0.308 e. The highest BCUT2D eigenvalue weighted by Crippen LogP contribution is 2.47. The summed E-state index contributed by atoms with van der Waals surface area (Å²) in [5.41, 5.74) is 3.76. The van der Waals surface area contributed by atoms with Crippen molar-refractivity contribution in [1.82, 2.24) is 4.31 Å². The van der Waals surface area contributed by atoms with Gasteiger partial charge in [0.25, 0.3) is 0 Å². The van der Waals surface area contributed by atoms with Crippen molar-refractivity contribution in [1.29, 1.82) is 0 Å². The van der Waals surface area contributed by atoms with Crippen molar-refractivity contribution in [3.63, 3.8) is 0 Å². The third kappa shape index (κ3) is 4.70. The quantitative estimate of drug-likeness (QED) is 0.513. The van der Waals surface area contributed by atoms with E-state index >= 15 is 0 Å². The standard InChI is InChI=1S/C29H32F3N3O4S/c1-17-16-33(28(37)19-4-5-19)27-14-21(7-9-25(27)35(17)18(2)36)20-6-8-24-22(12-20)13-23(29(30,31)32)15-26(24)34-10-3-11-40(34,38)39/h6-9,12,14,17,19,23,26H,3-5,10-11,13,15-16H2,1-2H3/t17-,23?,26?/m0/s1. The minimum atomic E-state index is -4.45. The number of hydrogen-bond acceptors (Lipinski definition) is 4. The fourth-order valence-electron chi connectivity index (χ4n) is 6.61. The van der Waals surface area contributed by atoms with Crippen LogP contribution in [-0.4, -0.2) is 55.6 Å². The van der Waals surface area contributed by atoms with Crippen molar-refractivity contribution >= 4 is 33.2 Å². The molecule has 4 aliphatic rings. The second kappa shape index (κ2) is 9.58. The summed E-state index contributed by atoms with van der Waals surface area (Å²) in [6, 6.07) is 9.71. The lowest BCUT2D eigenvalue weighted by molar-refractivity contribution is -0.180. The summed E-state index contributed by atoms with van der Waals surface area (Å²) < 4.78 is 68.6. The first kappa shape index (κ1) is 27.3. The van der Waals surface area contributed by atoms with E-state index in [1.165, 1.54) is 11.2 Å². The van der Waals surface area contributed by atoms with Crippen LogP contribution in [0.15, 0.2) is 36.4 Å². The zero-order valence-electron chi connectivity index (χ0n) is 22.4. The number of benzene rings is 2. The molecule has 2 heterocycles. The summed E-state index contributed by atoms with van der Waals surface area (Å²) in [5, 5.41) is 0. The van der Waals surface area contributed by atoms with Gasteiger partial charge in [-0.3, -0.25) is 9.59 Å². The Morgan fingerprint density at radius 3 is 2.33 bits per heavy atom.